The van der Waals surface area contributed by atoms with E-state index < -0.39 is 17.3 Å². The summed E-state index contributed by atoms with van der Waals surface area (Å²) in [6.07, 6.45) is 5.02. The summed E-state index contributed by atoms with van der Waals surface area (Å²) in [6, 6.07) is 1.68. The predicted molar refractivity (Wildman–Crippen MR) is 99.2 cm³/mol. The van der Waals surface area contributed by atoms with Gasteiger partial charge in [0.1, 0.15) is 5.56 Å². The summed E-state index contributed by atoms with van der Waals surface area (Å²) < 4.78 is 16.3. The molecule has 0 bridgehead atoms. The van der Waals surface area contributed by atoms with Crippen molar-refractivity contribution in [2.75, 3.05) is 18.0 Å². The second kappa shape index (κ2) is 5.32. The minimum absolute atomic E-state index is 0.108. The average molecular weight is 371 g/mol. The average Bonchev–Trinajstić information content (AvgIpc) is 3.49. The molecule has 3 fully saturated rings. The molecule has 3 heterocycles. The van der Waals surface area contributed by atoms with E-state index in [9.17, 15) is 14.7 Å². The Hall–Kier alpha value is -2.41. The summed E-state index contributed by atoms with van der Waals surface area (Å²) in [7, 11) is 0. The van der Waals surface area contributed by atoms with E-state index in [1.54, 1.807) is 0 Å². The fourth-order valence-electron chi connectivity index (χ4n) is 4.82. The quantitative estimate of drug-likeness (QED) is 0.864. The molecule has 0 radical (unpaired) electrons. The highest BCUT2D eigenvalue weighted by atomic mass is 19.1. The second-order valence-electron chi connectivity index (χ2n) is 8.41. The van der Waals surface area contributed by atoms with Crippen LogP contribution in [-0.4, -0.2) is 34.6 Å². The van der Waals surface area contributed by atoms with Crippen molar-refractivity contribution in [3.05, 3.63) is 45.1 Å². The molecule has 2 aromatic rings. The van der Waals surface area contributed by atoms with Gasteiger partial charge in [0.25, 0.3) is 5.56 Å². The van der Waals surface area contributed by atoms with Crippen molar-refractivity contribution in [3.8, 4) is 0 Å². The molecule has 2 unspecified atom stereocenters. The Morgan fingerprint density at radius 3 is 2.67 bits per heavy atom. The van der Waals surface area contributed by atoms with E-state index in [1.807, 2.05) is 11.8 Å². The third kappa shape index (κ3) is 2.34. The molecule has 1 aliphatic heterocycles. The van der Waals surface area contributed by atoms with Crippen molar-refractivity contribution in [1.82, 2.24) is 4.40 Å². The molecule has 0 amide bonds. The molecule has 1 spiro atoms. The van der Waals surface area contributed by atoms with E-state index >= 15 is 4.39 Å². The summed E-state index contributed by atoms with van der Waals surface area (Å²) in [4.78, 5) is 26.2. The number of fused-ring (bicyclic) bond motifs is 1. The number of aromatic nitrogens is 1. The first-order valence-corrected chi connectivity index (χ1v) is 9.44. The van der Waals surface area contributed by atoms with E-state index in [4.69, 9.17) is 5.73 Å². The zero-order valence-corrected chi connectivity index (χ0v) is 15.2. The van der Waals surface area contributed by atoms with E-state index in [2.05, 4.69) is 0 Å². The Balaban J connectivity index is 1.73. The minimum atomic E-state index is -1.28. The third-order valence-electron chi connectivity index (χ3n) is 6.64. The van der Waals surface area contributed by atoms with Crippen LogP contribution in [0.5, 0.6) is 0 Å². The summed E-state index contributed by atoms with van der Waals surface area (Å²) in [5.41, 5.74) is 7.93. The van der Waals surface area contributed by atoms with Crippen LogP contribution in [0.1, 0.15) is 53.1 Å². The number of carboxylic acids is 1. The van der Waals surface area contributed by atoms with Gasteiger partial charge in [-0.3, -0.25) is 9.20 Å². The van der Waals surface area contributed by atoms with Gasteiger partial charge in [-0.05, 0) is 55.7 Å². The Morgan fingerprint density at radius 1 is 1.41 bits per heavy atom. The molecule has 3 N–H and O–H groups in total. The van der Waals surface area contributed by atoms with Gasteiger partial charge in [0.15, 0.2) is 5.82 Å². The lowest BCUT2D eigenvalue weighted by molar-refractivity contribution is 0.0694. The van der Waals surface area contributed by atoms with Crippen LogP contribution in [0.2, 0.25) is 0 Å². The second-order valence-corrected chi connectivity index (χ2v) is 8.41. The lowest BCUT2D eigenvalue weighted by atomic mass is 10.0. The highest BCUT2D eigenvalue weighted by molar-refractivity contribution is 5.89. The van der Waals surface area contributed by atoms with Gasteiger partial charge >= 0.3 is 5.97 Å². The number of nitrogens with two attached hydrogens (primary N) is 1. The number of aromatic carboxylic acids is 1. The van der Waals surface area contributed by atoms with Crippen molar-refractivity contribution in [3.63, 3.8) is 0 Å². The number of rotatable bonds is 3. The van der Waals surface area contributed by atoms with Crippen molar-refractivity contribution in [2.24, 2.45) is 11.1 Å². The Labute approximate surface area is 155 Å². The Morgan fingerprint density at radius 2 is 2.11 bits per heavy atom. The van der Waals surface area contributed by atoms with Crippen molar-refractivity contribution < 1.29 is 14.3 Å². The Bertz CT molecular complexity index is 1060. The van der Waals surface area contributed by atoms with Crippen LogP contribution in [0, 0.1) is 18.2 Å². The smallest absolute Gasteiger partial charge is 0.341 e. The number of nitrogens with zero attached hydrogens (tertiary/aromatic N) is 2. The van der Waals surface area contributed by atoms with Crippen LogP contribution >= 0.6 is 0 Å². The molecule has 3 aliphatic rings. The lowest BCUT2D eigenvalue weighted by Crippen LogP contribution is -2.28. The summed E-state index contributed by atoms with van der Waals surface area (Å²) >= 11 is 0. The lowest BCUT2D eigenvalue weighted by Gasteiger charge is -2.24. The molecule has 27 heavy (non-hydrogen) atoms. The zero-order chi connectivity index (χ0) is 19.1. The minimum Gasteiger partial charge on any atom is -0.477 e. The van der Waals surface area contributed by atoms with E-state index in [0.29, 0.717) is 16.8 Å². The van der Waals surface area contributed by atoms with E-state index in [1.165, 1.54) is 10.5 Å². The summed E-state index contributed by atoms with van der Waals surface area (Å²) in [5.74, 6) is -1.53. The largest absolute Gasteiger partial charge is 0.477 e. The van der Waals surface area contributed by atoms with Gasteiger partial charge in [-0.2, -0.15) is 0 Å². The summed E-state index contributed by atoms with van der Waals surface area (Å²) in [6.45, 7) is 3.31. The van der Waals surface area contributed by atoms with Gasteiger partial charge in [-0.25, -0.2) is 9.18 Å². The number of pyridine rings is 2. The standard InChI is InChI=1S/C20H22FN3O3/c1-10-16-12(11-2-3-11)6-13(19(26)27)18(25)24(16)8-14(21)17(10)23-5-4-20(9-23)7-15(20)22/h6,8,11,15H,2-5,7,9,22H2,1H3,(H,26,27). The van der Waals surface area contributed by atoms with Gasteiger partial charge in [-0.15, -0.1) is 0 Å². The highest BCUT2D eigenvalue weighted by Crippen LogP contribution is 2.53. The molecule has 142 valence electrons. The molecule has 2 aromatic heterocycles. The number of hydrogen-bond acceptors (Lipinski definition) is 4. The molecule has 2 saturated carbocycles. The van der Waals surface area contributed by atoms with Crippen LogP contribution < -0.4 is 16.2 Å². The first kappa shape index (κ1) is 16.7. The van der Waals surface area contributed by atoms with Crippen LogP contribution in [0.25, 0.3) is 5.52 Å². The number of carbonyl (C=O) groups is 1. The molecule has 7 heteroatoms. The van der Waals surface area contributed by atoms with E-state index in [0.717, 1.165) is 50.5 Å². The predicted octanol–water partition coefficient (Wildman–Crippen LogP) is 2.25. The maximum Gasteiger partial charge on any atom is 0.341 e. The van der Waals surface area contributed by atoms with Crippen molar-refractivity contribution in [2.45, 2.75) is 44.6 Å². The molecular formula is C20H22FN3O3. The molecule has 2 aliphatic carbocycles. The van der Waals surface area contributed by atoms with Gasteiger partial charge in [0, 0.05) is 24.5 Å². The first-order chi connectivity index (χ1) is 12.8. The van der Waals surface area contributed by atoms with Crippen LogP contribution in [0.3, 0.4) is 0 Å². The number of halogens is 1. The summed E-state index contributed by atoms with van der Waals surface area (Å²) in [5, 5.41) is 9.38. The van der Waals surface area contributed by atoms with Crippen LogP contribution in [0.4, 0.5) is 10.1 Å². The maximum atomic E-state index is 15.1. The van der Waals surface area contributed by atoms with Gasteiger partial charge in [-0.1, -0.05) is 0 Å². The van der Waals surface area contributed by atoms with Gasteiger partial charge in [0.05, 0.1) is 17.4 Å². The molecule has 6 nitrogen and oxygen atoms in total. The maximum absolute atomic E-state index is 15.1. The molecule has 5 rings (SSSR count). The fourth-order valence-corrected chi connectivity index (χ4v) is 4.82. The van der Waals surface area contributed by atoms with Crippen LogP contribution in [0.15, 0.2) is 17.1 Å². The number of anilines is 1. The fraction of sp³-hybridized carbons (Fsp3) is 0.500. The van der Waals surface area contributed by atoms with Crippen molar-refractivity contribution >= 4 is 17.2 Å². The number of hydrogen-bond donors (Lipinski definition) is 2. The highest BCUT2D eigenvalue weighted by Gasteiger charge is 2.55. The number of carboxylic acid groups (broad SMARTS) is 1. The van der Waals surface area contributed by atoms with Gasteiger partial charge in [0.2, 0.25) is 0 Å². The SMILES string of the molecule is Cc1c(N2CCC3(CC3N)C2)c(F)cn2c(=O)c(C(=O)O)cc(C3CC3)c12. The monoisotopic (exact) mass is 371 g/mol. The topological polar surface area (TPSA) is 88.0 Å². The van der Waals surface area contributed by atoms with Gasteiger partial charge < -0.3 is 15.7 Å². The molecular weight excluding hydrogens is 349 g/mol. The molecule has 2 atom stereocenters. The zero-order valence-electron chi connectivity index (χ0n) is 15.2. The van der Waals surface area contributed by atoms with Crippen LogP contribution in [-0.2, 0) is 0 Å². The third-order valence-corrected chi connectivity index (χ3v) is 6.64. The van der Waals surface area contributed by atoms with E-state index in [-0.39, 0.29) is 22.9 Å². The number of aryl methyl sites for hydroxylation is 1. The molecule has 0 aromatic carbocycles. The first-order valence-electron chi connectivity index (χ1n) is 9.44. The Kier molecular flexibility index (Phi) is 3.30. The normalized spacial score (nSPS) is 26.9. The van der Waals surface area contributed by atoms with Crippen molar-refractivity contribution in [1.29, 1.82) is 0 Å². The molecule has 1 saturated heterocycles.